The Kier molecular flexibility index (Phi) is 6.38. The van der Waals surface area contributed by atoms with Crippen LogP contribution in [-0.4, -0.2) is 46.8 Å². The molecule has 2 N–H and O–H groups in total. The second-order valence-electron chi connectivity index (χ2n) is 8.71. The zero-order valence-electron chi connectivity index (χ0n) is 19.1. The summed E-state index contributed by atoms with van der Waals surface area (Å²) in [6.07, 6.45) is 4.29. The average molecular weight is 507 g/mol. The molecule has 4 aromatic rings. The molecule has 10 heteroatoms. The lowest BCUT2D eigenvalue weighted by Gasteiger charge is -2.32. The molecule has 0 unspecified atom stereocenters. The van der Waals surface area contributed by atoms with Crippen molar-refractivity contribution in [3.05, 3.63) is 90.0 Å². The van der Waals surface area contributed by atoms with Crippen molar-refractivity contribution in [3.63, 3.8) is 0 Å². The van der Waals surface area contributed by atoms with Crippen molar-refractivity contribution in [1.29, 1.82) is 0 Å². The SMILES string of the molecule is O=C(c1cnc(S(=O)(=O)O)c(Nc2ccc3ncccc3c2)c1)N1CCC(c2ccc(F)cc2)CC1. The number of likely N-dealkylation sites (tertiary alicyclic amines) is 1. The Hall–Kier alpha value is -3.89. The molecule has 0 atom stereocenters. The summed E-state index contributed by atoms with van der Waals surface area (Å²) in [5, 5.41) is 3.24. The number of hydrogen-bond donors (Lipinski definition) is 2. The molecule has 2 aromatic carbocycles. The van der Waals surface area contributed by atoms with Crippen molar-refractivity contribution < 1.29 is 22.2 Å². The van der Waals surface area contributed by atoms with Gasteiger partial charge in [0.2, 0.25) is 5.03 Å². The van der Waals surface area contributed by atoms with Gasteiger partial charge in [-0.15, -0.1) is 0 Å². The highest BCUT2D eigenvalue weighted by atomic mass is 32.2. The van der Waals surface area contributed by atoms with Gasteiger partial charge in [-0.1, -0.05) is 18.2 Å². The molecule has 1 saturated heterocycles. The van der Waals surface area contributed by atoms with E-state index in [4.69, 9.17) is 0 Å². The first-order valence-corrected chi connectivity index (χ1v) is 12.9. The molecular weight excluding hydrogens is 483 g/mol. The molecule has 0 bridgehead atoms. The monoisotopic (exact) mass is 506 g/mol. The Labute approximate surface area is 207 Å². The van der Waals surface area contributed by atoms with Crippen LogP contribution < -0.4 is 5.32 Å². The number of hydrogen-bond acceptors (Lipinski definition) is 6. The Morgan fingerprint density at radius 2 is 1.78 bits per heavy atom. The first-order valence-electron chi connectivity index (χ1n) is 11.4. The first kappa shape index (κ1) is 23.8. The highest BCUT2D eigenvalue weighted by Crippen LogP contribution is 2.30. The first-order chi connectivity index (χ1) is 17.3. The van der Waals surface area contributed by atoms with Gasteiger partial charge >= 0.3 is 10.1 Å². The van der Waals surface area contributed by atoms with E-state index in [1.807, 2.05) is 6.07 Å². The molecule has 0 aliphatic carbocycles. The predicted molar refractivity (Wildman–Crippen MR) is 133 cm³/mol. The van der Waals surface area contributed by atoms with Gasteiger partial charge < -0.3 is 10.2 Å². The highest BCUT2D eigenvalue weighted by molar-refractivity contribution is 7.85. The molecule has 0 spiro atoms. The fourth-order valence-corrected chi connectivity index (χ4v) is 5.08. The minimum absolute atomic E-state index is 0.00668. The summed E-state index contributed by atoms with van der Waals surface area (Å²) in [4.78, 5) is 23.1. The quantitative estimate of drug-likeness (QED) is 0.375. The van der Waals surface area contributed by atoms with Crippen LogP contribution in [-0.2, 0) is 10.1 Å². The minimum atomic E-state index is -4.64. The second-order valence-corrected chi connectivity index (χ2v) is 10.0. The van der Waals surface area contributed by atoms with E-state index in [9.17, 15) is 22.2 Å². The van der Waals surface area contributed by atoms with E-state index in [0.717, 1.165) is 35.5 Å². The number of carbonyl (C=O) groups excluding carboxylic acids is 1. The van der Waals surface area contributed by atoms with Gasteiger partial charge in [0.05, 0.1) is 16.8 Å². The molecule has 1 aliphatic rings. The largest absolute Gasteiger partial charge is 0.353 e. The van der Waals surface area contributed by atoms with Crippen molar-refractivity contribution in [1.82, 2.24) is 14.9 Å². The maximum absolute atomic E-state index is 13.2. The van der Waals surface area contributed by atoms with E-state index in [1.54, 1.807) is 47.5 Å². The van der Waals surface area contributed by atoms with Crippen LogP contribution >= 0.6 is 0 Å². The van der Waals surface area contributed by atoms with E-state index in [0.29, 0.717) is 18.8 Å². The smallest absolute Gasteiger partial charge is 0.314 e. The highest BCUT2D eigenvalue weighted by Gasteiger charge is 2.27. The molecule has 3 heterocycles. The third kappa shape index (κ3) is 5.05. The summed E-state index contributed by atoms with van der Waals surface area (Å²) in [6.45, 7) is 1.00. The Balaban J connectivity index is 1.37. The lowest BCUT2D eigenvalue weighted by molar-refractivity contribution is 0.0712. The van der Waals surface area contributed by atoms with Gasteiger partial charge in [-0.05, 0) is 66.8 Å². The number of fused-ring (bicyclic) bond motifs is 1. The third-order valence-electron chi connectivity index (χ3n) is 6.35. The molecule has 1 amide bonds. The summed E-state index contributed by atoms with van der Waals surface area (Å²) in [6, 6.07) is 16.7. The maximum atomic E-state index is 13.2. The second kappa shape index (κ2) is 9.63. The molecule has 8 nitrogen and oxygen atoms in total. The van der Waals surface area contributed by atoms with Crippen LogP contribution in [0.25, 0.3) is 10.9 Å². The number of anilines is 2. The van der Waals surface area contributed by atoms with Crippen LogP contribution in [0.1, 0.15) is 34.7 Å². The van der Waals surface area contributed by atoms with Gasteiger partial charge in [0.15, 0.2) is 0 Å². The predicted octanol–water partition coefficient (Wildman–Crippen LogP) is 4.78. The van der Waals surface area contributed by atoms with Crippen LogP contribution in [0.5, 0.6) is 0 Å². The summed E-state index contributed by atoms with van der Waals surface area (Å²) >= 11 is 0. The summed E-state index contributed by atoms with van der Waals surface area (Å²) < 4.78 is 46.8. The number of benzene rings is 2. The van der Waals surface area contributed by atoms with E-state index < -0.39 is 15.1 Å². The van der Waals surface area contributed by atoms with Crippen molar-refractivity contribution in [2.75, 3.05) is 18.4 Å². The summed E-state index contributed by atoms with van der Waals surface area (Å²) in [5.74, 6) is -0.334. The number of rotatable bonds is 5. The summed E-state index contributed by atoms with van der Waals surface area (Å²) in [5.41, 5.74) is 2.55. The van der Waals surface area contributed by atoms with Crippen molar-refractivity contribution in [2.24, 2.45) is 0 Å². The van der Waals surface area contributed by atoms with Crippen molar-refractivity contribution in [2.45, 2.75) is 23.8 Å². The molecule has 1 aliphatic heterocycles. The van der Waals surface area contributed by atoms with E-state index >= 15 is 0 Å². The van der Waals surface area contributed by atoms with Gasteiger partial charge in [-0.25, -0.2) is 9.37 Å². The Morgan fingerprint density at radius 3 is 2.50 bits per heavy atom. The van der Waals surface area contributed by atoms with E-state index in [2.05, 4.69) is 15.3 Å². The van der Waals surface area contributed by atoms with E-state index in [-0.39, 0.29) is 28.9 Å². The number of amides is 1. The molecule has 0 radical (unpaired) electrons. The number of halogens is 1. The van der Waals surface area contributed by atoms with Gasteiger partial charge in [0.1, 0.15) is 5.82 Å². The minimum Gasteiger partial charge on any atom is -0.353 e. The maximum Gasteiger partial charge on any atom is 0.314 e. The average Bonchev–Trinajstić information content (AvgIpc) is 2.88. The van der Waals surface area contributed by atoms with Crippen LogP contribution in [0.3, 0.4) is 0 Å². The summed E-state index contributed by atoms with van der Waals surface area (Å²) in [7, 11) is -4.64. The lowest BCUT2D eigenvalue weighted by Crippen LogP contribution is -2.38. The molecule has 36 heavy (non-hydrogen) atoms. The number of pyridine rings is 2. The number of nitrogens with zero attached hydrogens (tertiary/aromatic N) is 3. The van der Waals surface area contributed by atoms with Gasteiger partial charge in [0, 0.05) is 36.6 Å². The number of nitrogens with one attached hydrogen (secondary N) is 1. The number of aromatic nitrogens is 2. The van der Waals surface area contributed by atoms with Crippen molar-refractivity contribution >= 4 is 38.3 Å². The Bertz CT molecular complexity index is 1540. The van der Waals surface area contributed by atoms with E-state index in [1.165, 1.54) is 18.2 Å². The van der Waals surface area contributed by atoms with Crippen LogP contribution in [0.2, 0.25) is 0 Å². The molecule has 5 rings (SSSR count). The van der Waals surface area contributed by atoms with Crippen LogP contribution in [0.15, 0.2) is 78.1 Å². The molecular formula is C26H23FN4O4S. The van der Waals surface area contributed by atoms with Gasteiger partial charge in [-0.2, -0.15) is 8.42 Å². The fourth-order valence-electron chi connectivity index (χ4n) is 4.51. The molecule has 1 fully saturated rings. The third-order valence-corrected chi connectivity index (χ3v) is 7.16. The van der Waals surface area contributed by atoms with Crippen LogP contribution in [0, 0.1) is 5.82 Å². The number of carbonyl (C=O) groups is 1. The topological polar surface area (TPSA) is 112 Å². The zero-order valence-corrected chi connectivity index (χ0v) is 20.0. The fraction of sp³-hybridized carbons (Fsp3) is 0.192. The van der Waals surface area contributed by atoms with Crippen molar-refractivity contribution in [3.8, 4) is 0 Å². The van der Waals surface area contributed by atoms with Gasteiger partial charge in [-0.3, -0.25) is 14.3 Å². The molecule has 2 aromatic heterocycles. The molecule has 0 saturated carbocycles. The number of piperidine rings is 1. The normalized spacial score (nSPS) is 14.7. The molecule has 184 valence electrons. The lowest BCUT2D eigenvalue weighted by atomic mass is 9.89. The zero-order chi connectivity index (χ0) is 25.3. The Morgan fingerprint density at radius 1 is 1.03 bits per heavy atom. The standard InChI is InChI=1S/C26H23FN4O4S/c27-21-5-3-17(4-6-21)18-9-12-31(13-10-18)26(32)20-15-24(25(29-16-20)36(33,34)35)30-22-7-8-23-19(14-22)2-1-11-28-23/h1-8,11,14-16,18,30H,9-10,12-13H2,(H,33,34,35). The van der Waals surface area contributed by atoms with Gasteiger partial charge in [0.25, 0.3) is 5.91 Å². The van der Waals surface area contributed by atoms with Crippen LogP contribution in [0.4, 0.5) is 15.8 Å².